The molecule has 0 aliphatic heterocycles. The smallest absolute Gasteiger partial charge is 0.0434 e. The van der Waals surface area contributed by atoms with Crippen molar-refractivity contribution in [1.29, 1.82) is 0 Å². The molecule has 0 amide bonds. The standard InChI is InChI=1S/C17H36O4P2/c18-8-2-12-22(13-3-9-19)16-6-1-7-17(16)23(14-4-10-20)15-5-11-21/h16-21H,1-15H2/t16-,17-/m0/s1. The highest BCUT2D eigenvalue weighted by Crippen LogP contribution is 2.59. The first kappa shape index (κ1) is 21.7. The van der Waals surface area contributed by atoms with Crippen LogP contribution < -0.4 is 0 Å². The lowest BCUT2D eigenvalue weighted by atomic mass is 10.4. The fraction of sp³-hybridized carbons (Fsp3) is 1.00. The summed E-state index contributed by atoms with van der Waals surface area (Å²) >= 11 is 0. The second kappa shape index (κ2) is 13.9. The molecule has 4 N–H and O–H groups in total. The van der Waals surface area contributed by atoms with E-state index in [9.17, 15) is 20.4 Å². The Morgan fingerprint density at radius 3 is 1.13 bits per heavy atom. The Hall–Kier alpha value is 0.700. The van der Waals surface area contributed by atoms with Gasteiger partial charge in [0.05, 0.1) is 0 Å². The summed E-state index contributed by atoms with van der Waals surface area (Å²) < 4.78 is 0. The number of hydrogen-bond acceptors (Lipinski definition) is 4. The summed E-state index contributed by atoms with van der Waals surface area (Å²) in [6.07, 6.45) is 12.0. The van der Waals surface area contributed by atoms with Crippen molar-refractivity contribution in [2.24, 2.45) is 0 Å². The molecule has 2 atom stereocenters. The minimum atomic E-state index is -0.104. The van der Waals surface area contributed by atoms with Gasteiger partial charge in [-0.05, 0) is 74.5 Å². The molecule has 1 fully saturated rings. The zero-order valence-electron chi connectivity index (χ0n) is 14.4. The van der Waals surface area contributed by atoms with Crippen LogP contribution >= 0.6 is 15.8 Å². The van der Waals surface area contributed by atoms with Crippen molar-refractivity contribution in [3.63, 3.8) is 0 Å². The largest absolute Gasteiger partial charge is 0.396 e. The lowest BCUT2D eigenvalue weighted by Crippen LogP contribution is -2.22. The summed E-state index contributed by atoms with van der Waals surface area (Å²) in [7, 11) is -0.208. The van der Waals surface area contributed by atoms with Gasteiger partial charge in [-0.25, -0.2) is 0 Å². The molecule has 1 rings (SSSR count). The summed E-state index contributed by atoms with van der Waals surface area (Å²) in [5.41, 5.74) is 1.57. The van der Waals surface area contributed by atoms with Gasteiger partial charge in [0.1, 0.15) is 0 Å². The molecule has 0 spiro atoms. The van der Waals surface area contributed by atoms with E-state index in [4.69, 9.17) is 0 Å². The second-order valence-corrected chi connectivity index (χ2v) is 11.9. The molecule has 0 heterocycles. The number of aliphatic hydroxyl groups is 4. The Morgan fingerprint density at radius 2 is 0.870 bits per heavy atom. The molecule has 0 aromatic heterocycles. The van der Waals surface area contributed by atoms with Crippen molar-refractivity contribution in [3.8, 4) is 0 Å². The molecule has 0 saturated heterocycles. The maximum Gasteiger partial charge on any atom is 0.0434 e. The van der Waals surface area contributed by atoms with Crippen LogP contribution in [0.3, 0.4) is 0 Å². The van der Waals surface area contributed by atoms with Gasteiger partial charge in [0, 0.05) is 26.4 Å². The first-order chi connectivity index (χ1) is 11.3. The van der Waals surface area contributed by atoms with E-state index in [0.717, 1.165) is 61.6 Å². The van der Waals surface area contributed by atoms with E-state index in [1.54, 1.807) is 0 Å². The van der Waals surface area contributed by atoms with Crippen LogP contribution in [-0.4, -0.2) is 82.8 Å². The summed E-state index contributed by atoms with van der Waals surface area (Å²) in [5.74, 6) is 0. The molecular formula is C17H36O4P2. The van der Waals surface area contributed by atoms with Crippen molar-refractivity contribution in [2.45, 2.75) is 56.3 Å². The molecule has 23 heavy (non-hydrogen) atoms. The molecule has 0 aromatic carbocycles. The number of hydrogen-bond donors (Lipinski definition) is 4. The van der Waals surface area contributed by atoms with Crippen LogP contribution in [-0.2, 0) is 0 Å². The average Bonchev–Trinajstić information content (AvgIpc) is 3.04. The maximum absolute atomic E-state index is 9.20. The van der Waals surface area contributed by atoms with E-state index >= 15 is 0 Å². The predicted molar refractivity (Wildman–Crippen MR) is 102 cm³/mol. The molecule has 6 heteroatoms. The number of rotatable bonds is 14. The van der Waals surface area contributed by atoms with Crippen LogP contribution in [0.25, 0.3) is 0 Å². The van der Waals surface area contributed by atoms with E-state index < -0.39 is 0 Å². The molecule has 138 valence electrons. The minimum Gasteiger partial charge on any atom is -0.396 e. The predicted octanol–water partition coefficient (Wildman–Crippen LogP) is 2.40. The Morgan fingerprint density at radius 1 is 0.565 bits per heavy atom. The third-order valence-corrected chi connectivity index (χ3v) is 11.7. The zero-order valence-corrected chi connectivity index (χ0v) is 16.2. The van der Waals surface area contributed by atoms with Gasteiger partial charge in [-0.3, -0.25) is 0 Å². The fourth-order valence-electron chi connectivity index (χ4n) is 3.75. The van der Waals surface area contributed by atoms with Crippen molar-refractivity contribution < 1.29 is 20.4 Å². The van der Waals surface area contributed by atoms with E-state index in [1.807, 2.05) is 0 Å². The van der Waals surface area contributed by atoms with Crippen LogP contribution in [0, 0.1) is 0 Å². The van der Waals surface area contributed by atoms with Crippen LogP contribution in [0.5, 0.6) is 0 Å². The quantitative estimate of drug-likeness (QED) is 0.356. The van der Waals surface area contributed by atoms with Crippen molar-refractivity contribution >= 4 is 15.8 Å². The molecule has 1 aliphatic rings. The fourth-order valence-corrected chi connectivity index (χ4v) is 11.2. The molecule has 0 aromatic rings. The second-order valence-electron chi connectivity index (χ2n) is 6.45. The molecule has 0 unspecified atom stereocenters. The summed E-state index contributed by atoms with van der Waals surface area (Å²) in [5, 5.41) is 36.8. The SMILES string of the molecule is OCCCP(CCCO)[C@H]1CCC[C@@H]1P(CCCO)CCCO. The number of aliphatic hydroxyl groups excluding tert-OH is 4. The normalized spacial score (nSPS) is 21.7. The van der Waals surface area contributed by atoms with E-state index in [0.29, 0.717) is 0 Å². The highest BCUT2D eigenvalue weighted by atomic mass is 31.1. The highest BCUT2D eigenvalue weighted by molar-refractivity contribution is 7.62. The van der Waals surface area contributed by atoms with Gasteiger partial charge in [0.15, 0.2) is 0 Å². The molecular weight excluding hydrogens is 330 g/mol. The first-order valence-corrected chi connectivity index (χ1v) is 12.8. The van der Waals surface area contributed by atoms with Crippen molar-refractivity contribution in [3.05, 3.63) is 0 Å². The van der Waals surface area contributed by atoms with E-state index in [-0.39, 0.29) is 42.3 Å². The van der Waals surface area contributed by atoms with Gasteiger partial charge in [-0.1, -0.05) is 6.42 Å². The van der Waals surface area contributed by atoms with E-state index in [2.05, 4.69) is 0 Å². The monoisotopic (exact) mass is 366 g/mol. The average molecular weight is 366 g/mol. The zero-order chi connectivity index (χ0) is 16.9. The van der Waals surface area contributed by atoms with Crippen molar-refractivity contribution in [1.82, 2.24) is 0 Å². The third kappa shape index (κ3) is 8.08. The molecule has 4 nitrogen and oxygen atoms in total. The van der Waals surface area contributed by atoms with Gasteiger partial charge in [-0.15, -0.1) is 15.8 Å². The Kier molecular flexibility index (Phi) is 13.2. The van der Waals surface area contributed by atoms with E-state index in [1.165, 1.54) is 19.3 Å². The van der Waals surface area contributed by atoms with Crippen LogP contribution in [0.15, 0.2) is 0 Å². The lowest BCUT2D eigenvalue weighted by Gasteiger charge is -2.35. The van der Waals surface area contributed by atoms with Gasteiger partial charge in [-0.2, -0.15) is 0 Å². The summed E-state index contributed by atoms with van der Waals surface area (Å²) in [4.78, 5) is 0. The molecule has 1 saturated carbocycles. The van der Waals surface area contributed by atoms with Gasteiger partial charge in [0.25, 0.3) is 0 Å². The molecule has 0 bridgehead atoms. The van der Waals surface area contributed by atoms with Gasteiger partial charge in [0.2, 0.25) is 0 Å². The van der Waals surface area contributed by atoms with Gasteiger partial charge >= 0.3 is 0 Å². The minimum absolute atomic E-state index is 0.104. The highest BCUT2D eigenvalue weighted by Gasteiger charge is 2.36. The van der Waals surface area contributed by atoms with Crippen LogP contribution in [0.1, 0.15) is 44.9 Å². The summed E-state index contributed by atoms with van der Waals surface area (Å²) in [6.45, 7) is 1.11. The van der Waals surface area contributed by atoms with Crippen molar-refractivity contribution in [2.75, 3.05) is 51.1 Å². The summed E-state index contributed by atoms with van der Waals surface area (Å²) in [6, 6.07) is 0. The lowest BCUT2D eigenvalue weighted by molar-refractivity contribution is 0.293. The Bertz CT molecular complexity index is 239. The topological polar surface area (TPSA) is 80.9 Å². The third-order valence-electron chi connectivity index (χ3n) is 4.80. The molecule has 0 radical (unpaired) electrons. The van der Waals surface area contributed by atoms with Crippen LogP contribution in [0.2, 0.25) is 0 Å². The van der Waals surface area contributed by atoms with Gasteiger partial charge < -0.3 is 20.4 Å². The first-order valence-electron chi connectivity index (χ1n) is 9.20. The Labute approximate surface area is 144 Å². The Balaban J connectivity index is 2.70. The van der Waals surface area contributed by atoms with Crippen LogP contribution in [0.4, 0.5) is 0 Å². The maximum atomic E-state index is 9.20. The molecule has 1 aliphatic carbocycles.